The van der Waals surface area contributed by atoms with Crippen LogP contribution in [0.5, 0.6) is 5.75 Å². The van der Waals surface area contributed by atoms with Gasteiger partial charge in [0.1, 0.15) is 11.4 Å². The highest BCUT2D eigenvalue weighted by molar-refractivity contribution is 5.87. The van der Waals surface area contributed by atoms with Crippen LogP contribution in [0.4, 0.5) is 13.6 Å². The van der Waals surface area contributed by atoms with E-state index in [4.69, 9.17) is 9.47 Å². The summed E-state index contributed by atoms with van der Waals surface area (Å²) < 4.78 is 38.6. The summed E-state index contributed by atoms with van der Waals surface area (Å²) in [4.78, 5) is 24.4. The third kappa shape index (κ3) is 4.64. The van der Waals surface area contributed by atoms with Crippen LogP contribution in [0.2, 0.25) is 0 Å². The van der Waals surface area contributed by atoms with Gasteiger partial charge in [-0.15, -0.1) is 0 Å². The van der Waals surface area contributed by atoms with Crippen molar-refractivity contribution in [1.29, 1.82) is 0 Å². The van der Waals surface area contributed by atoms with Gasteiger partial charge in [-0.05, 0) is 40.8 Å². The van der Waals surface area contributed by atoms with Crippen molar-refractivity contribution in [3.8, 4) is 16.9 Å². The Morgan fingerprint density at radius 1 is 1.16 bits per heavy atom. The lowest BCUT2D eigenvalue weighted by Gasteiger charge is -2.39. The molecule has 2 N–H and O–H groups in total. The first-order valence-electron chi connectivity index (χ1n) is 12.8. The maximum absolute atomic E-state index is 13.6. The van der Waals surface area contributed by atoms with Gasteiger partial charge in [0.2, 0.25) is 0 Å². The predicted octanol–water partition coefficient (Wildman–Crippen LogP) is 4.11. The molecular weight excluding hydrogens is 480 g/mol. The van der Waals surface area contributed by atoms with Crippen molar-refractivity contribution in [2.45, 2.75) is 37.8 Å². The minimum atomic E-state index is -2.68. The number of fused-ring (bicyclic) bond motifs is 2. The number of alkyl halides is 2. The summed E-state index contributed by atoms with van der Waals surface area (Å²) in [6.45, 7) is 3.16. The molecule has 0 radical (unpaired) electrons. The normalized spacial score (nSPS) is 21.6. The Morgan fingerprint density at radius 3 is 2.76 bits per heavy atom. The molecule has 2 fully saturated rings. The van der Waals surface area contributed by atoms with Gasteiger partial charge >= 0.3 is 6.03 Å². The monoisotopic (exact) mass is 511 g/mol. The van der Waals surface area contributed by atoms with Crippen molar-refractivity contribution < 1.29 is 23.0 Å². The van der Waals surface area contributed by atoms with Crippen molar-refractivity contribution in [3.63, 3.8) is 0 Å². The molecule has 0 spiro atoms. The van der Waals surface area contributed by atoms with Crippen LogP contribution in [0.1, 0.15) is 35.6 Å². The van der Waals surface area contributed by atoms with Gasteiger partial charge in [-0.2, -0.15) is 0 Å². The molecule has 3 aromatic rings. The van der Waals surface area contributed by atoms with E-state index < -0.39 is 5.92 Å². The lowest BCUT2D eigenvalue weighted by atomic mass is 9.87. The van der Waals surface area contributed by atoms with E-state index in [1.54, 1.807) is 23.1 Å². The molecule has 0 unspecified atom stereocenters. The molecule has 8 nitrogen and oxygen atoms in total. The molecular formula is C27H31F2N5O3. The standard InChI is InChI=1S/C27H31F2N5O3/c1-36-24-14-32-25-21(24)12-19(13-31-25)18-10-17-2-6-34(26(35)33-7-3-27(28,29)4-8-33)15-22(17)20(11-18)23-16-37-9-5-30-23/h10-14,23,30H,2-9,15-16H2,1H3,(H,31,32)/t23-/m0/s1. The predicted molar refractivity (Wildman–Crippen MR) is 135 cm³/mol. The number of hydrogen-bond donors (Lipinski definition) is 2. The number of amides is 2. The first-order valence-corrected chi connectivity index (χ1v) is 12.8. The highest BCUT2D eigenvalue weighted by Gasteiger charge is 2.37. The Balaban J connectivity index is 1.33. The number of nitrogens with one attached hydrogen (secondary N) is 2. The first-order chi connectivity index (χ1) is 17.9. The van der Waals surface area contributed by atoms with Crippen LogP contribution in [-0.2, 0) is 17.7 Å². The van der Waals surface area contributed by atoms with Crippen LogP contribution in [0, 0.1) is 0 Å². The largest absolute Gasteiger partial charge is 0.494 e. The average molecular weight is 512 g/mol. The number of aromatic amines is 1. The number of halogens is 2. The van der Waals surface area contributed by atoms with Crippen LogP contribution in [-0.4, -0.2) is 78.2 Å². The number of benzene rings is 1. The number of carbonyl (C=O) groups excluding carboxylic acids is 1. The third-order valence-electron chi connectivity index (χ3n) is 7.76. The molecule has 0 saturated carbocycles. The van der Waals surface area contributed by atoms with Crippen LogP contribution in [0.15, 0.2) is 30.6 Å². The molecule has 1 atom stereocenters. The quantitative estimate of drug-likeness (QED) is 0.553. The van der Waals surface area contributed by atoms with Gasteiger partial charge in [0.15, 0.2) is 0 Å². The molecule has 2 amide bonds. The molecule has 3 aliphatic rings. The van der Waals surface area contributed by atoms with Crippen LogP contribution >= 0.6 is 0 Å². The summed E-state index contributed by atoms with van der Waals surface area (Å²) in [7, 11) is 1.64. The molecule has 196 valence electrons. The fourth-order valence-electron chi connectivity index (χ4n) is 5.63. The number of methoxy groups -OCH3 is 1. The number of morpholine rings is 1. The third-order valence-corrected chi connectivity index (χ3v) is 7.76. The molecule has 6 rings (SSSR count). The number of pyridine rings is 1. The lowest BCUT2D eigenvalue weighted by molar-refractivity contribution is -0.0493. The minimum absolute atomic E-state index is 0.00432. The highest BCUT2D eigenvalue weighted by atomic mass is 19.3. The fraction of sp³-hybridized carbons (Fsp3) is 0.481. The SMILES string of the molecule is COc1c[nH]c2ncc(-c3cc4c(c([C@@H]5COCCN5)c3)CN(C(=O)N3CCC(F)(F)CC3)CC4)cc12. The maximum Gasteiger partial charge on any atom is 0.320 e. The number of urea groups is 1. The Kier molecular flexibility index (Phi) is 6.24. The van der Waals surface area contributed by atoms with Gasteiger partial charge in [0.05, 0.1) is 31.8 Å². The van der Waals surface area contributed by atoms with E-state index >= 15 is 0 Å². The Labute approximate surface area is 213 Å². The number of hydrogen-bond acceptors (Lipinski definition) is 5. The minimum Gasteiger partial charge on any atom is -0.494 e. The lowest BCUT2D eigenvalue weighted by Crippen LogP contribution is -2.50. The van der Waals surface area contributed by atoms with Crippen LogP contribution in [0.3, 0.4) is 0 Å². The van der Waals surface area contributed by atoms with E-state index in [0.717, 1.165) is 45.6 Å². The molecule has 1 aromatic carbocycles. The van der Waals surface area contributed by atoms with Gasteiger partial charge in [0.25, 0.3) is 5.92 Å². The topological polar surface area (TPSA) is 82.7 Å². The Morgan fingerprint density at radius 2 is 2.00 bits per heavy atom. The number of aromatic nitrogens is 2. The second-order valence-electron chi connectivity index (χ2n) is 10.1. The van der Waals surface area contributed by atoms with E-state index in [0.29, 0.717) is 32.7 Å². The van der Waals surface area contributed by atoms with E-state index in [-0.39, 0.29) is 38.0 Å². The first kappa shape index (κ1) is 24.1. The summed E-state index contributed by atoms with van der Waals surface area (Å²) in [5.74, 6) is -1.93. The van der Waals surface area contributed by atoms with Crippen molar-refractivity contribution in [2.24, 2.45) is 0 Å². The number of H-pyrrole nitrogens is 1. The smallest absolute Gasteiger partial charge is 0.320 e. The number of ether oxygens (including phenoxy) is 2. The highest BCUT2D eigenvalue weighted by Crippen LogP contribution is 2.36. The number of nitrogens with zero attached hydrogens (tertiary/aromatic N) is 3. The van der Waals surface area contributed by atoms with Crippen molar-refractivity contribution in [2.75, 3.05) is 46.5 Å². The van der Waals surface area contributed by atoms with Gasteiger partial charge in [-0.3, -0.25) is 0 Å². The molecule has 0 bridgehead atoms. The molecule has 2 saturated heterocycles. The van der Waals surface area contributed by atoms with Crippen molar-refractivity contribution in [3.05, 3.63) is 47.3 Å². The van der Waals surface area contributed by atoms with E-state index in [1.165, 1.54) is 5.56 Å². The molecule has 0 aliphatic carbocycles. The zero-order valence-electron chi connectivity index (χ0n) is 20.9. The second-order valence-corrected chi connectivity index (χ2v) is 10.1. The van der Waals surface area contributed by atoms with Crippen molar-refractivity contribution >= 4 is 17.1 Å². The Bertz CT molecular complexity index is 1310. The number of likely N-dealkylation sites (tertiary alicyclic amines) is 1. The molecule has 5 heterocycles. The average Bonchev–Trinajstić information content (AvgIpc) is 3.34. The summed E-state index contributed by atoms with van der Waals surface area (Å²) >= 11 is 0. The van der Waals surface area contributed by atoms with Crippen LogP contribution < -0.4 is 10.1 Å². The van der Waals surface area contributed by atoms with Gasteiger partial charge in [0, 0.05) is 63.5 Å². The number of carbonyl (C=O) groups is 1. The zero-order valence-corrected chi connectivity index (χ0v) is 20.9. The number of rotatable bonds is 3. The summed E-state index contributed by atoms with van der Waals surface area (Å²) in [5.41, 5.74) is 6.22. The van der Waals surface area contributed by atoms with Gasteiger partial charge in [-0.25, -0.2) is 18.6 Å². The van der Waals surface area contributed by atoms with E-state index in [2.05, 4.69) is 33.5 Å². The zero-order chi connectivity index (χ0) is 25.6. The van der Waals surface area contributed by atoms with E-state index in [9.17, 15) is 13.6 Å². The molecule has 2 aromatic heterocycles. The Hall–Kier alpha value is -3.24. The molecule has 3 aliphatic heterocycles. The molecule has 10 heteroatoms. The van der Waals surface area contributed by atoms with Crippen LogP contribution in [0.25, 0.3) is 22.2 Å². The van der Waals surface area contributed by atoms with E-state index in [1.807, 2.05) is 6.20 Å². The number of piperidine rings is 1. The summed E-state index contributed by atoms with van der Waals surface area (Å²) in [6, 6.07) is 6.29. The van der Waals surface area contributed by atoms with Crippen molar-refractivity contribution in [1.82, 2.24) is 25.1 Å². The van der Waals surface area contributed by atoms with Gasteiger partial charge in [-0.1, -0.05) is 6.07 Å². The molecule has 37 heavy (non-hydrogen) atoms. The van der Waals surface area contributed by atoms with Gasteiger partial charge < -0.3 is 29.6 Å². The summed E-state index contributed by atoms with van der Waals surface area (Å²) in [5, 5.41) is 4.48. The maximum atomic E-state index is 13.6. The summed E-state index contributed by atoms with van der Waals surface area (Å²) in [6.07, 6.45) is 3.82. The second kappa shape index (κ2) is 9.57. The fourth-order valence-corrected chi connectivity index (χ4v) is 5.63.